The first-order valence-corrected chi connectivity index (χ1v) is 7.63. The van der Waals surface area contributed by atoms with Gasteiger partial charge in [0.05, 0.1) is 5.75 Å². The van der Waals surface area contributed by atoms with Gasteiger partial charge in [-0.2, -0.15) is 0 Å². The largest absolute Gasteiger partial charge is 0.332 e. The van der Waals surface area contributed by atoms with Gasteiger partial charge in [-0.3, -0.25) is 0 Å². The van der Waals surface area contributed by atoms with Gasteiger partial charge >= 0.3 is 0 Å². The van der Waals surface area contributed by atoms with Crippen molar-refractivity contribution in [1.82, 2.24) is 14.3 Å². The van der Waals surface area contributed by atoms with E-state index in [-0.39, 0.29) is 5.75 Å². The molecule has 0 radical (unpaired) electrons. The van der Waals surface area contributed by atoms with E-state index in [0.29, 0.717) is 13.0 Å². The molecule has 0 aliphatic heterocycles. The van der Waals surface area contributed by atoms with E-state index in [1.807, 2.05) is 13.1 Å². The maximum absolute atomic E-state index is 11.3. The summed E-state index contributed by atoms with van der Waals surface area (Å²) < 4.78 is 27.2. The molecule has 1 N–H and O–H groups in total. The van der Waals surface area contributed by atoms with E-state index in [2.05, 4.69) is 21.2 Å². The molecule has 1 heterocycles. The van der Waals surface area contributed by atoms with Gasteiger partial charge in [-0.05, 0) is 20.3 Å². The number of hydrogen-bond donors (Lipinski definition) is 1. The Kier molecular flexibility index (Phi) is 5.14. The maximum atomic E-state index is 11.3. The first kappa shape index (κ1) is 14.2. The lowest BCUT2D eigenvalue weighted by Gasteiger charge is -2.09. The van der Waals surface area contributed by atoms with Crippen molar-refractivity contribution in [2.45, 2.75) is 40.2 Å². The molecular formula is C11H21N3O2S. The SMILES string of the molecule is CCCn1c(C)cnc1CCNS(=O)(=O)CC. The fraction of sp³-hybridized carbons (Fsp3) is 0.727. The van der Waals surface area contributed by atoms with Crippen LogP contribution in [0.15, 0.2) is 6.20 Å². The van der Waals surface area contributed by atoms with Gasteiger partial charge in [0.2, 0.25) is 10.0 Å². The molecule has 0 saturated heterocycles. The number of hydrogen-bond acceptors (Lipinski definition) is 3. The summed E-state index contributed by atoms with van der Waals surface area (Å²) in [6.45, 7) is 7.11. The molecule has 0 saturated carbocycles. The Hall–Kier alpha value is -0.880. The number of nitrogens with zero attached hydrogens (tertiary/aromatic N) is 2. The van der Waals surface area contributed by atoms with Crippen molar-refractivity contribution in [2.24, 2.45) is 0 Å². The highest BCUT2D eigenvalue weighted by Crippen LogP contribution is 2.06. The van der Waals surface area contributed by atoms with Crippen LogP contribution < -0.4 is 4.72 Å². The highest BCUT2D eigenvalue weighted by Gasteiger charge is 2.09. The molecule has 0 atom stereocenters. The van der Waals surface area contributed by atoms with Gasteiger partial charge in [0, 0.05) is 31.4 Å². The Morgan fingerprint density at radius 3 is 2.71 bits per heavy atom. The van der Waals surface area contributed by atoms with Gasteiger partial charge in [0.1, 0.15) is 5.82 Å². The highest BCUT2D eigenvalue weighted by atomic mass is 32.2. The van der Waals surface area contributed by atoms with Gasteiger partial charge in [0.15, 0.2) is 0 Å². The van der Waals surface area contributed by atoms with Crippen LogP contribution in [0, 0.1) is 6.92 Å². The fourth-order valence-electron chi connectivity index (χ4n) is 1.66. The molecule has 6 heteroatoms. The zero-order valence-electron chi connectivity index (χ0n) is 10.7. The van der Waals surface area contributed by atoms with Crippen LogP contribution in [0.25, 0.3) is 0 Å². The maximum Gasteiger partial charge on any atom is 0.211 e. The van der Waals surface area contributed by atoms with Crippen molar-refractivity contribution in [3.05, 3.63) is 17.7 Å². The zero-order valence-corrected chi connectivity index (χ0v) is 11.5. The molecule has 5 nitrogen and oxygen atoms in total. The molecule has 98 valence electrons. The molecule has 17 heavy (non-hydrogen) atoms. The van der Waals surface area contributed by atoms with Crippen LogP contribution in [0.1, 0.15) is 31.8 Å². The Balaban J connectivity index is 2.58. The lowest BCUT2D eigenvalue weighted by molar-refractivity contribution is 0.577. The van der Waals surface area contributed by atoms with E-state index in [0.717, 1.165) is 24.5 Å². The topological polar surface area (TPSA) is 64.0 Å². The molecule has 1 aromatic rings. The summed E-state index contributed by atoms with van der Waals surface area (Å²) in [5, 5.41) is 0. The van der Waals surface area contributed by atoms with E-state index in [1.54, 1.807) is 6.92 Å². The number of imidazole rings is 1. The Bertz CT molecular complexity index is 451. The lowest BCUT2D eigenvalue weighted by Crippen LogP contribution is -2.28. The van der Waals surface area contributed by atoms with Crippen LogP contribution in [-0.2, 0) is 23.0 Å². The van der Waals surface area contributed by atoms with Crippen molar-refractivity contribution in [2.75, 3.05) is 12.3 Å². The molecule has 0 amide bonds. The predicted molar refractivity (Wildman–Crippen MR) is 68.4 cm³/mol. The molecule has 1 aromatic heterocycles. The predicted octanol–water partition coefficient (Wildman–Crippen LogP) is 1.08. The van der Waals surface area contributed by atoms with E-state index < -0.39 is 10.0 Å². The Labute approximate surface area is 103 Å². The third kappa shape index (κ3) is 4.12. The number of sulfonamides is 1. The van der Waals surface area contributed by atoms with Crippen LogP contribution in [0.2, 0.25) is 0 Å². The second-order valence-electron chi connectivity index (χ2n) is 4.02. The Morgan fingerprint density at radius 2 is 2.12 bits per heavy atom. The van der Waals surface area contributed by atoms with Crippen LogP contribution in [0.3, 0.4) is 0 Å². The van der Waals surface area contributed by atoms with Crippen LogP contribution >= 0.6 is 0 Å². The molecule has 0 aliphatic rings. The van der Waals surface area contributed by atoms with Gasteiger partial charge in [0.25, 0.3) is 0 Å². The monoisotopic (exact) mass is 259 g/mol. The molecule has 0 unspecified atom stereocenters. The van der Waals surface area contributed by atoms with Crippen LogP contribution in [-0.4, -0.2) is 30.3 Å². The minimum atomic E-state index is -3.10. The summed E-state index contributed by atoms with van der Waals surface area (Å²) in [6.07, 6.45) is 3.51. The first-order chi connectivity index (χ1) is 8.00. The average Bonchev–Trinajstić information content (AvgIpc) is 2.62. The number of rotatable bonds is 7. The van der Waals surface area contributed by atoms with E-state index in [1.165, 1.54) is 0 Å². The van der Waals surface area contributed by atoms with Crippen LogP contribution in [0.4, 0.5) is 0 Å². The van der Waals surface area contributed by atoms with E-state index >= 15 is 0 Å². The summed E-state index contributed by atoms with van der Waals surface area (Å²) in [5.41, 5.74) is 1.13. The van der Waals surface area contributed by atoms with Gasteiger partial charge in [-0.25, -0.2) is 18.1 Å². The molecule has 0 aliphatic carbocycles. The number of aromatic nitrogens is 2. The van der Waals surface area contributed by atoms with Crippen molar-refractivity contribution < 1.29 is 8.42 Å². The third-order valence-electron chi connectivity index (χ3n) is 2.64. The van der Waals surface area contributed by atoms with Gasteiger partial charge in [-0.1, -0.05) is 6.92 Å². The van der Waals surface area contributed by atoms with Crippen molar-refractivity contribution in [1.29, 1.82) is 0 Å². The average molecular weight is 259 g/mol. The zero-order chi connectivity index (χ0) is 12.9. The molecule has 1 rings (SSSR count). The van der Waals surface area contributed by atoms with E-state index in [4.69, 9.17) is 0 Å². The molecule has 0 bridgehead atoms. The lowest BCUT2D eigenvalue weighted by atomic mass is 10.3. The van der Waals surface area contributed by atoms with Gasteiger partial charge < -0.3 is 4.57 Å². The second kappa shape index (κ2) is 6.16. The standard InChI is InChI=1S/C11H21N3O2S/c1-4-8-14-10(3)9-12-11(14)6-7-13-17(15,16)5-2/h9,13H,4-8H2,1-3H3. The summed E-state index contributed by atoms with van der Waals surface area (Å²) in [7, 11) is -3.10. The van der Waals surface area contributed by atoms with E-state index in [9.17, 15) is 8.42 Å². The number of aryl methyl sites for hydroxylation is 1. The normalized spacial score (nSPS) is 11.9. The molecular weight excluding hydrogens is 238 g/mol. The first-order valence-electron chi connectivity index (χ1n) is 5.98. The van der Waals surface area contributed by atoms with Crippen LogP contribution in [0.5, 0.6) is 0 Å². The smallest absolute Gasteiger partial charge is 0.211 e. The fourth-order valence-corrected chi connectivity index (χ4v) is 2.28. The highest BCUT2D eigenvalue weighted by molar-refractivity contribution is 7.89. The summed E-state index contributed by atoms with van der Waals surface area (Å²) in [5.74, 6) is 1.07. The van der Waals surface area contributed by atoms with Crippen molar-refractivity contribution >= 4 is 10.0 Å². The molecule has 0 spiro atoms. The summed E-state index contributed by atoms with van der Waals surface area (Å²) >= 11 is 0. The Morgan fingerprint density at radius 1 is 1.41 bits per heavy atom. The summed E-state index contributed by atoms with van der Waals surface area (Å²) in [4.78, 5) is 4.31. The molecule has 0 fully saturated rings. The third-order valence-corrected chi connectivity index (χ3v) is 4.04. The van der Waals surface area contributed by atoms with Crippen molar-refractivity contribution in [3.8, 4) is 0 Å². The summed E-state index contributed by atoms with van der Waals surface area (Å²) in [6, 6.07) is 0. The number of nitrogens with one attached hydrogen (secondary N) is 1. The molecule has 0 aromatic carbocycles. The quantitative estimate of drug-likeness (QED) is 0.797. The minimum Gasteiger partial charge on any atom is -0.332 e. The van der Waals surface area contributed by atoms with Gasteiger partial charge in [-0.15, -0.1) is 0 Å². The second-order valence-corrected chi connectivity index (χ2v) is 6.11. The minimum absolute atomic E-state index is 0.120. The van der Waals surface area contributed by atoms with Crippen molar-refractivity contribution in [3.63, 3.8) is 0 Å².